The van der Waals surface area contributed by atoms with E-state index in [2.05, 4.69) is 0 Å². The van der Waals surface area contributed by atoms with Gasteiger partial charge >= 0.3 is 0 Å². The summed E-state index contributed by atoms with van der Waals surface area (Å²) in [5.41, 5.74) is 2.37. The van der Waals surface area contributed by atoms with E-state index in [9.17, 15) is 5.21 Å². The standard InChI is InChI=1S/C7H10NO/c1-6-3-4-8(9)5-7(6)2/h3-4H,5H2,1-2H3/q-1. The van der Waals surface area contributed by atoms with E-state index >= 15 is 0 Å². The fraction of sp³-hybridized carbons (Fsp3) is 0.429. The van der Waals surface area contributed by atoms with Gasteiger partial charge in [-0.3, -0.25) is 0 Å². The zero-order valence-corrected chi connectivity index (χ0v) is 5.72. The SMILES string of the molecule is CC1=C(C)CN([O-])C=C1. The highest BCUT2D eigenvalue weighted by atomic mass is 16.5. The normalized spacial score (nSPS) is 19.2. The summed E-state index contributed by atoms with van der Waals surface area (Å²) >= 11 is 0. The predicted octanol–water partition coefficient (Wildman–Crippen LogP) is 1.65. The minimum absolute atomic E-state index is 0.530. The molecule has 9 heavy (non-hydrogen) atoms. The Morgan fingerprint density at radius 2 is 2.22 bits per heavy atom. The van der Waals surface area contributed by atoms with Crippen molar-refractivity contribution in [2.75, 3.05) is 6.54 Å². The summed E-state index contributed by atoms with van der Waals surface area (Å²) in [6.07, 6.45) is 3.40. The van der Waals surface area contributed by atoms with Crippen molar-refractivity contribution in [3.63, 3.8) is 0 Å². The first-order chi connectivity index (χ1) is 4.20. The average molecular weight is 124 g/mol. The highest BCUT2D eigenvalue weighted by Gasteiger charge is 1.97. The molecular formula is C7H10NO-. The van der Waals surface area contributed by atoms with Crippen molar-refractivity contribution in [2.24, 2.45) is 0 Å². The van der Waals surface area contributed by atoms with Crippen molar-refractivity contribution < 1.29 is 0 Å². The van der Waals surface area contributed by atoms with Crippen LogP contribution in [0.5, 0.6) is 0 Å². The van der Waals surface area contributed by atoms with E-state index in [0.29, 0.717) is 6.54 Å². The first-order valence-electron chi connectivity index (χ1n) is 2.98. The third-order valence-electron chi connectivity index (χ3n) is 1.56. The molecule has 0 aliphatic carbocycles. The highest BCUT2D eigenvalue weighted by molar-refractivity contribution is 5.26. The van der Waals surface area contributed by atoms with E-state index in [1.807, 2.05) is 19.9 Å². The molecule has 0 amide bonds. The second kappa shape index (κ2) is 2.23. The van der Waals surface area contributed by atoms with Crippen LogP contribution in [-0.2, 0) is 0 Å². The van der Waals surface area contributed by atoms with E-state index in [0.717, 1.165) is 10.6 Å². The Morgan fingerprint density at radius 3 is 2.67 bits per heavy atom. The van der Waals surface area contributed by atoms with E-state index < -0.39 is 0 Å². The molecule has 0 saturated heterocycles. The molecule has 1 rings (SSSR count). The molecule has 0 unspecified atom stereocenters. The van der Waals surface area contributed by atoms with Crippen LogP contribution < -0.4 is 0 Å². The van der Waals surface area contributed by atoms with Crippen molar-refractivity contribution in [3.8, 4) is 0 Å². The molecule has 0 radical (unpaired) electrons. The summed E-state index contributed by atoms with van der Waals surface area (Å²) in [6.45, 7) is 4.52. The average Bonchev–Trinajstić information content (AvgIpc) is 1.80. The first-order valence-corrected chi connectivity index (χ1v) is 2.98. The molecule has 0 aromatic heterocycles. The van der Waals surface area contributed by atoms with Gasteiger partial charge in [-0.05, 0) is 31.7 Å². The molecule has 1 aliphatic heterocycles. The number of hydroxylamine groups is 2. The summed E-state index contributed by atoms with van der Waals surface area (Å²) < 4.78 is 0. The minimum Gasteiger partial charge on any atom is -0.758 e. The maximum atomic E-state index is 10.6. The van der Waals surface area contributed by atoms with Crippen molar-refractivity contribution in [1.82, 2.24) is 5.06 Å². The van der Waals surface area contributed by atoms with Crippen LogP contribution in [0.1, 0.15) is 13.8 Å². The number of rotatable bonds is 0. The van der Waals surface area contributed by atoms with Crippen molar-refractivity contribution in [3.05, 3.63) is 28.6 Å². The first kappa shape index (κ1) is 6.36. The van der Waals surface area contributed by atoms with Crippen LogP contribution in [-0.4, -0.2) is 11.6 Å². The van der Waals surface area contributed by atoms with Gasteiger partial charge in [-0.2, -0.15) is 0 Å². The maximum Gasteiger partial charge on any atom is 0.0273 e. The Kier molecular flexibility index (Phi) is 1.58. The molecule has 2 heteroatoms. The quantitative estimate of drug-likeness (QED) is 0.490. The van der Waals surface area contributed by atoms with Crippen LogP contribution in [0.3, 0.4) is 0 Å². The van der Waals surface area contributed by atoms with Crippen molar-refractivity contribution in [2.45, 2.75) is 13.8 Å². The van der Waals surface area contributed by atoms with Crippen LogP contribution in [0.2, 0.25) is 0 Å². The van der Waals surface area contributed by atoms with Gasteiger partial charge in [0.2, 0.25) is 0 Å². The predicted molar refractivity (Wildman–Crippen MR) is 37.6 cm³/mol. The molecule has 0 spiro atoms. The third-order valence-corrected chi connectivity index (χ3v) is 1.56. The summed E-state index contributed by atoms with van der Waals surface area (Å²) in [5.74, 6) is 0. The van der Waals surface area contributed by atoms with Gasteiger partial charge in [0.1, 0.15) is 0 Å². The van der Waals surface area contributed by atoms with Crippen molar-refractivity contribution in [1.29, 1.82) is 0 Å². The number of allylic oxidation sites excluding steroid dienone is 2. The Balaban J connectivity index is 2.75. The minimum atomic E-state index is 0.530. The lowest BCUT2D eigenvalue weighted by Gasteiger charge is -2.30. The zero-order valence-electron chi connectivity index (χ0n) is 5.72. The summed E-state index contributed by atoms with van der Waals surface area (Å²) in [6, 6.07) is 0. The fourth-order valence-electron chi connectivity index (χ4n) is 0.748. The maximum absolute atomic E-state index is 10.6. The molecular weight excluding hydrogens is 114 g/mol. The third kappa shape index (κ3) is 1.33. The second-order valence-electron chi connectivity index (χ2n) is 2.35. The molecule has 0 bridgehead atoms. The Hall–Kier alpha value is -0.760. The molecule has 0 fully saturated rings. The number of nitrogens with zero attached hydrogens (tertiary/aromatic N) is 1. The van der Waals surface area contributed by atoms with Gasteiger partial charge in [-0.15, -0.1) is 0 Å². The Morgan fingerprint density at radius 1 is 1.56 bits per heavy atom. The van der Waals surface area contributed by atoms with Crippen LogP contribution in [0.25, 0.3) is 0 Å². The molecule has 0 N–H and O–H groups in total. The molecule has 1 heterocycles. The highest BCUT2D eigenvalue weighted by Crippen LogP contribution is 2.11. The molecule has 0 saturated carbocycles. The zero-order chi connectivity index (χ0) is 6.85. The summed E-state index contributed by atoms with van der Waals surface area (Å²) in [5, 5.41) is 11.5. The largest absolute Gasteiger partial charge is 0.758 e. The fourth-order valence-corrected chi connectivity index (χ4v) is 0.748. The van der Waals surface area contributed by atoms with E-state index in [-0.39, 0.29) is 0 Å². The molecule has 50 valence electrons. The van der Waals surface area contributed by atoms with E-state index in [4.69, 9.17) is 0 Å². The lowest BCUT2D eigenvalue weighted by atomic mass is 10.1. The number of hydrogen-bond donors (Lipinski definition) is 0. The van der Waals surface area contributed by atoms with E-state index in [1.54, 1.807) is 6.20 Å². The van der Waals surface area contributed by atoms with Crippen LogP contribution >= 0.6 is 0 Å². The molecule has 1 aliphatic rings. The smallest absolute Gasteiger partial charge is 0.0273 e. The van der Waals surface area contributed by atoms with Crippen molar-refractivity contribution >= 4 is 0 Å². The van der Waals surface area contributed by atoms with Gasteiger partial charge < -0.3 is 10.3 Å². The van der Waals surface area contributed by atoms with E-state index in [1.165, 1.54) is 5.57 Å². The molecule has 0 aromatic rings. The van der Waals surface area contributed by atoms with Crippen LogP contribution in [0.15, 0.2) is 23.4 Å². The number of hydrogen-bond acceptors (Lipinski definition) is 2. The van der Waals surface area contributed by atoms with Gasteiger partial charge in [0.05, 0.1) is 0 Å². The molecule has 0 atom stereocenters. The van der Waals surface area contributed by atoms with Gasteiger partial charge in [-0.1, -0.05) is 5.57 Å². The van der Waals surface area contributed by atoms with Gasteiger partial charge in [0, 0.05) is 6.54 Å². The molecule has 0 aromatic carbocycles. The van der Waals surface area contributed by atoms with Gasteiger partial charge in [-0.25, -0.2) is 0 Å². The van der Waals surface area contributed by atoms with Gasteiger partial charge in [0.15, 0.2) is 0 Å². The Labute approximate surface area is 55.1 Å². The lowest BCUT2D eigenvalue weighted by molar-refractivity contribution is 0.543. The lowest BCUT2D eigenvalue weighted by Crippen LogP contribution is -2.14. The monoisotopic (exact) mass is 124 g/mol. The Bertz CT molecular complexity index is 170. The summed E-state index contributed by atoms with van der Waals surface area (Å²) in [4.78, 5) is 0. The summed E-state index contributed by atoms with van der Waals surface area (Å²) in [7, 11) is 0. The van der Waals surface area contributed by atoms with Crippen LogP contribution in [0, 0.1) is 5.21 Å². The second-order valence-corrected chi connectivity index (χ2v) is 2.35. The van der Waals surface area contributed by atoms with Gasteiger partial charge in [0.25, 0.3) is 0 Å². The van der Waals surface area contributed by atoms with Crippen LogP contribution in [0.4, 0.5) is 0 Å². The topological polar surface area (TPSA) is 26.3 Å². The molecule has 2 nitrogen and oxygen atoms in total.